The molecular weight excluding hydrogens is 242 g/mol. The zero-order valence-corrected chi connectivity index (χ0v) is 12.3. The van der Waals surface area contributed by atoms with Gasteiger partial charge < -0.3 is 10.4 Å². The fourth-order valence-electron chi connectivity index (χ4n) is 1.65. The number of unbranched alkanes of at least 4 members (excludes halogenated alkanes) is 2. The number of aliphatic hydroxyl groups excluding tert-OH is 1. The smallest absolute Gasteiger partial charge is 0.0431 e. The van der Waals surface area contributed by atoms with Crippen molar-refractivity contribution in [2.24, 2.45) is 0 Å². The van der Waals surface area contributed by atoms with E-state index < -0.39 is 0 Å². The number of aliphatic hydroxyl groups is 1. The van der Waals surface area contributed by atoms with E-state index in [-0.39, 0.29) is 0 Å². The van der Waals surface area contributed by atoms with E-state index in [0.29, 0.717) is 12.6 Å². The second-order valence-electron chi connectivity index (χ2n) is 4.82. The molecule has 0 bridgehead atoms. The summed E-state index contributed by atoms with van der Waals surface area (Å²) >= 11 is 1.91. The summed E-state index contributed by atoms with van der Waals surface area (Å²) in [6, 6.07) is 9.28. The van der Waals surface area contributed by atoms with E-state index in [2.05, 4.69) is 43.4 Å². The quantitative estimate of drug-likeness (QED) is 0.531. The molecule has 3 heteroatoms. The third-order valence-electron chi connectivity index (χ3n) is 2.68. The molecule has 0 fully saturated rings. The lowest BCUT2D eigenvalue weighted by atomic mass is 10.2. The normalized spacial score (nSPS) is 11.1. The molecule has 0 unspecified atom stereocenters. The molecule has 0 radical (unpaired) electrons. The third kappa shape index (κ3) is 7.04. The van der Waals surface area contributed by atoms with Crippen molar-refractivity contribution in [3.8, 4) is 0 Å². The molecule has 2 N–H and O–H groups in total. The van der Waals surface area contributed by atoms with E-state index in [9.17, 15) is 0 Å². The lowest BCUT2D eigenvalue weighted by Gasteiger charge is -2.09. The number of thioether (sulfide) groups is 1. The maximum atomic E-state index is 8.71. The van der Waals surface area contributed by atoms with Crippen LogP contribution in [-0.2, 0) is 6.54 Å². The molecule has 0 amide bonds. The Hall–Kier alpha value is -0.510. The van der Waals surface area contributed by atoms with Crippen LogP contribution in [0.5, 0.6) is 0 Å². The standard InChI is InChI=1S/C15H25NOS/c1-13(2)16-12-14-7-6-8-15(11-14)18-10-5-3-4-9-17/h6-8,11,13,16-17H,3-5,9-10,12H2,1-2H3. The van der Waals surface area contributed by atoms with Gasteiger partial charge in [-0.05, 0) is 36.3 Å². The largest absolute Gasteiger partial charge is 0.396 e. The molecule has 102 valence electrons. The van der Waals surface area contributed by atoms with E-state index in [1.54, 1.807) is 0 Å². The minimum Gasteiger partial charge on any atom is -0.396 e. The Morgan fingerprint density at radius 2 is 2.06 bits per heavy atom. The highest BCUT2D eigenvalue weighted by atomic mass is 32.2. The van der Waals surface area contributed by atoms with Crippen LogP contribution in [0.3, 0.4) is 0 Å². The molecule has 2 nitrogen and oxygen atoms in total. The van der Waals surface area contributed by atoms with Crippen molar-refractivity contribution in [1.29, 1.82) is 0 Å². The maximum absolute atomic E-state index is 8.71. The molecule has 1 aromatic carbocycles. The Labute approximate surface area is 115 Å². The van der Waals surface area contributed by atoms with E-state index in [1.807, 2.05) is 11.8 Å². The number of benzene rings is 1. The molecular formula is C15H25NOS. The minimum atomic E-state index is 0.320. The first kappa shape index (κ1) is 15.5. The summed E-state index contributed by atoms with van der Waals surface area (Å²) in [5, 5.41) is 12.1. The summed E-state index contributed by atoms with van der Waals surface area (Å²) < 4.78 is 0. The highest BCUT2D eigenvalue weighted by Gasteiger charge is 1.98. The fourth-order valence-corrected chi connectivity index (χ4v) is 2.64. The SMILES string of the molecule is CC(C)NCc1cccc(SCCCCCO)c1. The van der Waals surface area contributed by atoms with Gasteiger partial charge in [0.05, 0.1) is 0 Å². The Bertz CT molecular complexity index is 328. The van der Waals surface area contributed by atoms with E-state index in [4.69, 9.17) is 5.11 Å². The first-order valence-electron chi connectivity index (χ1n) is 6.78. The van der Waals surface area contributed by atoms with Crippen molar-refractivity contribution in [3.05, 3.63) is 29.8 Å². The number of hydrogen-bond donors (Lipinski definition) is 2. The topological polar surface area (TPSA) is 32.3 Å². The van der Waals surface area contributed by atoms with Gasteiger partial charge in [0, 0.05) is 24.1 Å². The predicted molar refractivity (Wildman–Crippen MR) is 80.1 cm³/mol. The van der Waals surface area contributed by atoms with Gasteiger partial charge in [-0.25, -0.2) is 0 Å². The Morgan fingerprint density at radius 1 is 1.22 bits per heavy atom. The van der Waals surface area contributed by atoms with Gasteiger partial charge in [-0.15, -0.1) is 11.8 Å². The highest BCUT2D eigenvalue weighted by Crippen LogP contribution is 2.20. The average Bonchev–Trinajstić information content (AvgIpc) is 2.37. The van der Waals surface area contributed by atoms with Crippen molar-refractivity contribution in [2.45, 2.75) is 50.6 Å². The van der Waals surface area contributed by atoms with E-state index in [1.165, 1.54) is 16.9 Å². The van der Waals surface area contributed by atoms with Crippen LogP contribution in [-0.4, -0.2) is 23.5 Å². The van der Waals surface area contributed by atoms with Gasteiger partial charge in [0.25, 0.3) is 0 Å². The Kier molecular flexibility index (Phi) is 8.14. The van der Waals surface area contributed by atoms with Crippen molar-refractivity contribution in [2.75, 3.05) is 12.4 Å². The Balaban J connectivity index is 2.30. The number of rotatable bonds is 9. The second-order valence-corrected chi connectivity index (χ2v) is 5.98. The van der Waals surface area contributed by atoms with Crippen LogP contribution in [0.1, 0.15) is 38.7 Å². The molecule has 0 saturated carbocycles. The third-order valence-corrected chi connectivity index (χ3v) is 3.76. The van der Waals surface area contributed by atoms with Crippen molar-refractivity contribution in [3.63, 3.8) is 0 Å². The zero-order chi connectivity index (χ0) is 13.2. The van der Waals surface area contributed by atoms with Crippen molar-refractivity contribution in [1.82, 2.24) is 5.32 Å². The van der Waals surface area contributed by atoms with Crippen LogP contribution < -0.4 is 5.32 Å². The molecule has 1 rings (SSSR count). The van der Waals surface area contributed by atoms with Gasteiger partial charge in [0.15, 0.2) is 0 Å². The summed E-state index contributed by atoms with van der Waals surface area (Å²) in [4.78, 5) is 1.35. The van der Waals surface area contributed by atoms with Gasteiger partial charge in [0.2, 0.25) is 0 Å². The monoisotopic (exact) mass is 267 g/mol. The van der Waals surface area contributed by atoms with Crippen LogP contribution >= 0.6 is 11.8 Å². The average molecular weight is 267 g/mol. The predicted octanol–water partition coefficient (Wildman–Crippen LogP) is 3.44. The molecule has 0 aliphatic heterocycles. The fraction of sp³-hybridized carbons (Fsp3) is 0.600. The van der Waals surface area contributed by atoms with Crippen LogP contribution in [0.2, 0.25) is 0 Å². The zero-order valence-electron chi connectivity index (χ0n) is 11.5. The van der Waals surface area contributed by atoms with Crippen molar-refractivity contribution < 1.29 is 5.11 Å². The lowest BCUT2D eigenvalue weighted by molar-refractivity contribution is 0.284. The Morgan fingerprint density at radius 3 is 2.78 bits per heavy atom. The van der Waals surface area contributed by atoms with Crippen LogP contribution in [0.15, 0.2) is 29.2 Å². The first-order valence-corrected chi connectivity index (χ1v) is 7.77. The number of hydrogen-bond acceptors (Lipinski definition) is 3. The van der Waals surface area contributed by atoms with Gasteiger partial charge in [-0.1, -0.05) is 32.4 Å². The van der Waals surface area contributed by atoms with Crippen LogP contribution in [0.4, 0.5) is 0 Å². The molecule has 0 spiro atoms. The minimum absolute atomic E-state index is 0.320. The van der Waals surface area contributed by atoms with Crippen LogP contribution in [0, 0.1) is 0 Å². The van der Waals surface area contributed by atoms with Crippen LogP contribution in [0.25, 0.3) is 0 Å². The lowest BCUT2D eigenvalue weighted by Crippen LogP contribution is -2.21. The molecule has 0 heterocycles. The molecule has 0 aliphatic rings. The summed E-state index contributed by atoms with van der Waals surface area (Å²) in [6.07, 6.45) is 3.23. The molecule has 0 atom stereocenters. The molecule has 0 aromatic heterocycles. The van der Waals surface area contributed by atoms with Crippen molar-refractivity contribution >= 4 is 11.8 Å². The summed E-state index contributed by atoms with van der Waals surface area (Å²) in [5.41, 5.74) is 1.35. The molecule has 0 aliphatic carbocycles. The summed E-state index contributed by atoms with van der Waals surface area (Å²) in [5.74, 6) is 1.14. The number of nitrogens with one attached hydrogen (secondary N) is 1. The molecule has 0 saturated heterocycles. The first-order chi connectivity index (χ1) is 8.72. The highest BCUT2D eigenvalue weighted by molar-refractivity contribution is 7.99. The van der Waals surface area contributed by atoms with Gasteiger partial charge in [-0.2, -0.15) is 0 Å². The summed E-state index contributed by atoms with van der Waals surface area (Å²) in [7, 11) is 0. The van der Waals surface area contributed by atoms with E-state index in [0.717, 1.165) is 25.1 Å². The molecule has 18 heavy (non-hydrogen) atoms. The van der Waals surface area contributed by atoms with Gasteiger partial charge in [-0.3, -0.25) is 0 Å². The molecule has 1 aromatic rings. The van der Waals surface area contributed by atoms with Gasteiger partial charge in [0.1, 0.15) is 0 Å². The van der Waals surface area contributed by atoms with E-state index >= 15 is 0 Å². The van der Waals surface area contributed by atoms with Gasteiger partial charge >= 0.3 is 0 Å². The maximum Gasteiger partial charge on any atom is 0.0431 e. The summed E-state index contributed by atoms with van der Waals surface area (Å²) in [6.45, 7) is 5.59. The second kappa shape index (κ2) is 9.42.